The van der Waals surface area contributed by atoms with Crippen LogP contribution in [0.25, 0.3) is 0 Å². The number of ketones is 1. The van der Waals surface area contributed by atoms with Gasteiger partial charge >= 0.3 is 12.0 Å². The number of hydrogen-bond donors (Lipinski definition) is 9. The summed E-state index contributed by atoms with van der Waals surface area (Å²) >= 11 is 1.88. The Kier molecular flexibility index (Phi) is 24.9. The zero-order chi connectivity index (χ0) is 44.2. The van der Waals surface area contributed by atoms with Crippen molar-refractivity contribution in [3.05, 3.63) is 18.2 Å². The monoisotopic (exact) mass is 883 g/mol. The van der Waals surface area contributed by atoms with Gasteiger partial charge in [-0.15, -0.1) is 0 Å². The predicted octanol–water partition coefficient (Wildman–Crippen LogP) is -0.725. The van der Waals surface area contributed by atoms with Gasteiger partial charge in [-0.1, -0.05) is 6.42 Å². The number of fused-ring (bicyclic) bond motifs is 1. The molecular formula is C39H65N9O12S. The van der Waals surface area contributed by atoms with E-state index < -0.39 is 41.7 Å². The molecule has 0 aromatic carbocycles. The molecule has 0 radical (unpaired) electrons. The Morgan fingerprint density at radius 3 is 2.21 bits per heavy atom. The number of imidazole rings is 1. The third-order valence-corrected chi connectivity index (χ3v) is 11.6. The molecule has 0 saturated carbocycles. The number of nitrogens with two attached hydrogens (primary N) is 2. The molecule has 22 heteroatoms. The minimum absolute atomic E-state index is 0.000136. The fraction of sp³-hybridized carbons (Fsp3) is 0.744. The highest BCUT2D eigenvalue weighted by molar-refractivity contribution is 8.00. The number of carbonyl (C=O) groups is 7. The highest BCUT2D eigenvalue weighted by atomic mass is 32.2. The van der Waals surface area contributed by atoms with E-state index >= 15 is 0 Å². The standard InChI is InChI=1S/C39H65N9O12S/c40-28(22-27-23-42-25-45-27)31(49)21-26(8-9-35(52)53)38(55)44-11-4-3-5-29(37(41)54)46-34(51)10-13-57-15-17-59-19-20-60-18-16-58-14-12-43-33(50)7-2-1-6-32-36-30(24-61-32)47-39(56)48-36/h23,25-26,28-30,32,36H,1-22,24,40H2,(H2,41,54)(H,42,45)(H,43,50)(H,44,55)(H,46,51)(H,52,53)(H2,47,48,56)/t26?,28?,29?,30-,32?,36-/m1/s1. The minimum Gasteiger partial charge on any atom is -0.481 e. The van der Waals surface area contributed by atoms with Crippen molar-refractivity contribution in [2.45, 2.75) is 106 Å². The molecule has 344 valence electrons. The Morgan fingerprint density at radius 2 is 1.54 bits per heavy atom. The van der Waals surface area contributed by atoms with Crippen molar-refractivity contribution in [2.75, 3.05) is 71.7 Å². The fourth-order valence-electron chi connectivity index (χ4n) is 6.70. The molecule has 0 spiro atoms. The van der Waals surface area contributed by atoms with Gasteiger partial charge in [0.2, 0.25) is 23.6 Å². The molecule has 3 rings (SSSR count). The molecule has 1 aromatic heterocycles. The van der Waals surface area contributed by atoms with Gasteiger partial charge in [-0.3, -0.25) is 28.8 Å². The van der Waals surface area contributed by atoms with Gasteiger partial charge in [0.15, 0.2) is 5.78 Å². The van der Waals surface area contributed by atoms with Gasteiger partial charge in [0.05, 0.1) is 77.3 Å². The maximum Gasteiger partial charge on any atom is 0.315 e. The zero-order valence-electron chi connectivity index (χ0n) is 34.8. The highest BCUT2D eigenvalue weighted by Crippen LogP contribution is 2.33. The van der Waals surface area contributed by atoms with Gasteiger partial charge in [0.25, 0.3) is 0 Å². The lowest BCUT2D eigenvalue weighted by Gasteiger charge is -2.18. The maximum absolute atomic E-state index is 12.8. The molecule has 11 N–H and O–H groups in total. The van der Waals surface area contributed by atoms with Crippen molar-refractivity contribution in [3.8, 4) is 0 Å². The first-order valence-corrected chi connectivity index (χ1v) is 22.1. The number of urea groups is 1. The smallest absolute Gasteiger partial charge is 0.315 e. The van der Waals surface area contributed by atoms with Crippen LogP contribution in [0, 0.1) is 5.92 Å². The van der Waals surface area contributed by atoms with Gasteiger partial charge in [-0.05, 0) is 38.5 Å². The molecule has 3 heterocycles. The van der Waals surface area contributed by atoms with E-state index in [1.165, 1.54) is 6.33 Å². The molecule has 4 unspecified atom stereocenters. The number of aromatic nitrogens is 2. The van der Waals surface area contributed by atoms with Gasteiger partial charge in [-0.2, -0.15) is 11.8 Å². The van der Waals surface area contributed by atoms with E-state index in [1.54, 1.807) is 6.20 Å². The van der Waals surface area contributed by atoms with E-state index in [9.17, 15) is 33.6 Å². The molecule has 61 heavy (non-hydrogen) atoms. The predicted molar refractivity (Wildman–Crippen MR) is 223 cm³/mol. The molecule has 21 nitrogen and oxygen atoms in total. The van der Waals surface area contributed by atoms with Crippen molar-refractivity contribution in [2.24, 2.45) is 17.4 Å². The summed E-state index contributed by atoms with van der Waals surface area (Å²) < 4.78 is 21.9. The van der Waals surface area contributed by atoms with Crippen LogP contribution in [0.2, 0.25) is 0 Å². The van der Waals surface area contributed by atoms with E-state index in [-0.39, 0.29) is 88.1 Å². The highest BCUT2D eigenvalue weighted by Gasteiger charge is 2.42. The Labute approximate surface area is 360 Å². The maximum atomic E-state index is 12.8. The quantitative estimate of drug-likeness (QED) is 0.0297. The van der Waals surface area contributed by atoms with Crippen LogP contribution >= 0.6 is 11.8 Å². The number of carboxylic acid groups (broad SMARTS) is 1. The second-order valence-corrected chi connectivity index (χ2v) is 16.2. The molecule has 2 saturated heterocycles. The molecule has 0 bridgehead atoms. The first-order valence-electron chi connectivity index (χ1n) is 21.0. The minimum atomic E-state index is -1.09. The average Bonchev–Trinajstić information content (AvgIpc) is 3.97. The van der Waals surface area contributed by atoms with Gasteiger partial charge in [0, 0.05) is 74.0 Å². The van der Waals surface area contributed by atoms with Crippen molar-refractivity contribution >= 4 is 53.2 Å². The molecule has 6 amide bonds. The second kappa shape index (κ2) is 29.8. The molecular weight excluding hydrogens is 819 g/mol. The van der Waals surface area contributed by atoms with Crippen molar-refractivity contribution in [1.82, 2.24) is 36.6 Å². The fourth-order valence-corrected chi connectivity index (χ4v) is 8.24. The van der Waals surface area contributed by atoms with Crippen LogP contribution < -0.4 is 38.1 Å². The number of H-pyrrole nitrogens is 1. The van der Waals surface area contributed by atoms with Crippen molar-refractivity contribution in [3.63, 3.8) is 0 Å². The summed E-state index contributed by atoms with van der Waals surface area (Å²) in [7, 11) is 0. The Hall–Kier alpha value is -4.35. The first-order chi connectivity index (χ1) is 29.4. The van der Waals surface area contributed by atoms with Gasteiger partial charge < -0.3 is 67.1 Å². The number of aliphatic carboxylic acids is 1. The first kappa shape index (κ1) is 51.0. The number of primary amides is 1. The SMILES string of the molecule is NC(=O)C(CCCCNC(=O)C(CCC(=O)O)CC(=O)C(N)Cc1cnc[nH]1)NC(=O)CCOCCOCCOCCOCCNC(=O)CCCCC1SC[C@H]2NC(=O)N[C@@H]12. The average molecular weight is 884 g/mol. The van der Waals surface area contributed by atoms with E-state index in [2.05, 4.69) is 36.6 Å². The second-order valence-electron chi connectivity index (χ2n) is 14.9. The summed E-state index contributed by atoms with van der Waals surface area (Å²) in [6, 6.07) is -1.46. The molecule has 2 aliphatic rings. The zero-order valence-corrected chi connectivity index (χ0v) is 35.6. The number of Topliss-reactive ketones (excluding diaryl/α,β-unsaturated/α-hetero) is 1. The lowest BCUT2D eigenvalue weighted by molar-refractivity contribution is -0.138. The van der Waals surface area contributed by atoms with E-state index in [1.807, 2.05) is 11.8 Å². The molecule has 2 aliphatic heterocycles. The lowest BCUT2D eigenvalue weighted by Crippen LogP contribution is -2.44. The number of carboxylic acids is 1. The van der Waals surface area contributed by atoms with Crippen molar-refractivity contribution < 1.29 is 57.6 Å². The summed E-state index contributed by atoms with van der Waals surface area (Å²) in [5.41, 5.74) is 12.2. The molecule has 1 aromatic rings. The molecule has 6 atom stereocenters. The Morgan fingerprint density at radius 1 is 0.836 bits per heavy atom. The molecule has 0 aliphatic carbocycles. The Balaban J connectivity index is 1.10. The van der Waals surface area contributed by atoms with E-state index in [0.29, 0.717) is 76.4 Å². The number of rotatable bonds is 36. The van der Waals surface area contributed by atoms with Crippen LogP contribution in [0.15, 0.2) is 12.5 Å². The summed E-state index contributed by atoms with van der Waals surface area (Å²) in [6.07, 6.45) is 7.03. The Bertz CT molecular complexity index is 1510. The topological polar surface area (TPSA) is 318 Å². The van der Waals surface area contributed by atoms with Crippen molar-refractivity contribution in [1.29, 1.82) is 0 Å². The summed E-state index contributed by atoms with van der Waals surface area (Å²) in [5, 5.41) is 23.6. The van der Waals surface area contributed by atoms with Crippen LogP contribution in [0.5, 0.6) is 0 Å². The number of amides is 6. The lowest BCUT2D eigenvalue weighted by atomic mass is 9.92. The normalized spacial score (nSPS) is 18.3. The van der Waals surface area contributed by atoms with Gasteiger partial charge in [-0.25, -0.2) is 9.78 Å². The largest absolute Gasteiger partial charge is 0.481 e. The number of aromatic amines is 1. The van der Waals surface area contributed by atoms with Crippen LogP contribution in [0.4, 0.5) is 4.79 Å². The van der Waals surface area contributed by atoms with Crippen LogP contribution in [-0.4, -0.2) is 158 Å². The van der Waals surface area contributed by atoms with Gasteiger partial charge in [0.1, 0.15) is 6.04 Å². The number of nitrogens with zero attached hydrogens (tertiary/aromatic N) is 1. The van der Waals surface area contributed by atoms with Crippen LogP contribution in [0.1, 0.15) is 76.3 Å². The number of carbonyl (C=O) groups excluding carboxylic acids is 6. The van der Waals surface area contributed by atoms with Crippen LogP contribution in [0.3, 0.4) is 0 Å². The van der Waals surface area contributed by atoms with E-state index in [4.69, 9.17) is 35.5 Å². The van der Waals surface area contributed by atoms with Crippen LogP contribution in [-0.2, 0) is 54.1 Å². The van der Waals surface area contributed by atoms with E-state index in [0.717, 1.165) is 25.0 Å². The number of hydrogen-bond acceptors (Lipinski definition) is 14. The third kappa shape index (κ3) is 21.8. The summed E-state index contributed by atoms with van der Waals surface area (Å²) in [5.74, 6) is -2.95. The molecule has 2 fully saturated rings. The number of nitrogens with one attached hydrogen (secondary N) is 6. The number of ether oxygens (including phenoxy) is 4. The number of unbranched alkanes of at least 4 members (excludes halogenated alkanes) is 2. The third-order valence-electron chi connectivity index (χ3n) is 10.1. The summed E-state index contributed by atoms with van der Waals surface area (Å²) in [6.45, 7) is 3.18. The summed E-state index contributed by atoms with van der Waals surface area (Å²) in [4.78, 5) is 91.3. The number of thioether (sulfide) groups is 1.